The molecule has 0 aromatic rings. The molecule has 15 heavy (non-hydrogen) atoms. The van der Waals surface area contributed by atoms with Crippen molar-refractivity contribution in [3.05, 3.63) is 12.2 Å². The highest BCUT2D eigenvalue weighted by molar-refractivity contribution is 5.82. The third kappa shape index (κ3) is 3.06. The predicted molar refractivity (Wildman–Crippen MR) is 62.4 cm³/mol. The fourth-order valence-corrected chi connectivity index (χ4v) is 1.68. The van der Waals surface area contributed by atoms with Gasteiger partial charge in [-0.1, -0.05) is 19.1 Å². The zero-order valence-corrected chi connectivity index (χ0v) is 9.75. The molecule has 0 heterocycles. The first-order valence-corrected chi connectivity index (χ1v) is 5.78. The van der Waals surface area contributed by atoms with Crippen molar-refractivity contribution in [1.29, 1.82) is 0 Å². The van der Waals surface area contributed by atoms with E-state index in [4.69, 9.17) is 5.73 Å². The van der Waals surface area contributed by atoms with Crippen molar-refractivity contribution in [2.75, 3.05) is 6.54 Å². The molecular weight excluding hydrogens is 188 g/mol. The molecule has 3 heteroatoms. The molecule has 2 unspecified atom stereocenters. The van der Waals surface area contributed by atoms with Gasteiger partial charge in [-0.2, -0.15) is 0 Å². The second kappa shape index (κ2) is 5.31. The van der Waals surface area contributed by atoms with Crippen LogP contribution in [0, 0.1) is 5.41 Å². The number of hydrogen-bond donors (Lipinski definition) is 2. The van der Waals surface area contributed by atoms with E-state index in [9.17, 15) is 4.79 Å². The van der Waals surface area contributed by atoms with Gasteiger partial charge in [0.25, 0.3) is 0 Å². The summed E-state index contributed by atoms with van der Waals surface area (Å²) in [5.41, 5.74) is 5.25. The Morgan fingerprint density at radius 2 is 2.33 bits per heavy atom. The SMILES string of the molecule is CCC(C)(CN)C(=O)NC1CC=CCC1. The summed E-state index contributed by atoms with van der Waals surface area (Å²) in [6.07, 6.45) is 8.17. The summed E-state index contributed by atoms with van der Waals surface area (Å²) in [5.74, 6) is 0.104. The molecule has 0 aromatic carbocycles. The van der Waals surface area contributed by atoms with Crippen molar-refractivity contribution in [2.45, 2.75) is 45.6 Å². The molecule has 0 bridgehead atoms. The molecule has 0 spiro atoms. The molecule has 2 atom stereocenters. The molecular formula is C12H22N2O. The Kier molecular flexibility index (Phi) is 4.33. The number of rotatable bonds is 4. The molecule has 1 rings (SSSR count). The number of carbonyl (C=O) groups excluding carboxylic acids is 1. The zero-order valence-electron chi connectivity index (χ0n) is 9.75. The number of amides is 1. The third-order valence-electron chi connectivity index (χ3n) is 3.38. The molecule has 1 amide bonds. The average Bonchev–Trinajstić information content (AvgIpc) is 2.29. The summed E-state index contributed by atoms with van der Waals surface area (Å²) >= 11 is 0. The Morgan fingerprint density at radius 3 is 2.80 bits per heavy atom. The van der Waals surface area contributed by atoms with Crippen molar-refractivity contribution in [2.24, 2.45) is 11.1 Å². The van der Waals surface area contributed by atoms with Crippen LogP contribution in [0.15, 0.2) is 12.2 Å². The lowest BCUT2D eigenvalue weighted by atomic mass is 9.86. The van der Waals surface area contributed by atoms with Crippen LogP contribution in [-0.4, -0.2) is 18.5 Å². The van der Waals surface area contributed by atoms with Gasteiger partial charge in [0.15, 0.2) is 0 Å². The first-order chi connectivity index (χ1) is 7.12. The van der Waals surface area contributed by atoms with Crippen LogP contribution in [0.3, 0.4) is 0 Å². The average molecular weight is 210 g/mol. The highest BCUT2D eigenvalue weighted by Gasteiger charge is 2.30. The standard InChI is InChI=1S/C12H22N2O/c1-3-12(2,9-13)11(15)14-10-7-5-4-6-8-10/h4-5,10H,3,6-9,13H2,1-2H3,(H,14,15). The molecule has 0 saturated heterocycles. The maximum atomic E-state index is 12.0. The Hall–Kier alpha value is -0.830. The second-order valence-corrected chi connectivity index (χ2v) is 4.57. The Balaban J connectivity index is 2.50. The summed E-state index contributed by atoms with van der Waals surface area (Å²) in [6, 6.07) is 0.305. The topological polar surface area (TPSA) is 55.1 Å². The maximum Gasteiger partial charge on any atom is 0.227 e. The van der Waals surface area contributed by atoms with E-state index in [0.717, 1.165) is 25.7 Å². The van der Waals surface area contributed by atoms with Gasteiger partial charge >= 0.3 is 0 Å². The minimum Gasteiger partial charge on any atom is -0.353 e. The minimum atomic E-state index is -0.402. The fourth-order valence-electron chi connectivity index (χ4n) is 1.68. The van der Waals surface area contributed by atoms with Gasteiger partial charge in [-0.05, 0) is 32.6 Å². The number of carbonyl (C=O) groups is 1. The van der Waals surface area contributed by atoms with E-state index in [1.54, 1.807) is 0 Å². The van der Waals surface area contributed by atoms with Crippen molar-refractivity contribution in [3.8, 4) is 0 Å². The highest BCUT2D eigenvalue weighted by Crippen LogP contribution is 2.21. The molecule has 0 fully saturated rings. The Labute approximate surface area is 92.1 Å². The van der Waals surface area contributed by atoms with Gasteiger partial charge in [0.05, 0.1) is 5.41 Å². The molecule has 3 nitrogen and oxygen atoms in total. The molecule has 0 aromatic heterocycles. The van der Waals surface area contributed by atoms with E-state index >= 15 is 0 Å². The summed E-state index contributed by atoms with van der Waals surface area (Å²) < 4.78 is 0. The van der Waals surface area contributed by atoms with E-state index in [1.807, 2.05) is 13.8 Å². The van der Waals surface area contributed by atoms with Crippen LogP contribution < -0.4 is 11.1 Å². The summed E-state index contributed by atoms with van der Waals surface area (Å²) in [6.45, 7) is 4.35. The molecule has 1 aliphatic rings. The smallest absolute Gasteiger partial charge is 0.227 e. The van der Waals surface area contributed by atoms with E-state index in [1.165, 1.54) is 0 Å². The normalized spacial score (nSPS) is 24.6. The van der Waals surface area contributed by atoms with E-state index < -0.39 is 5.41 Å². The zero-order chi connectivity index (χ0) is 11.3. The number of nitrogens with one attached hydrogen (secondary N) is 1. The van der Waals surface area contributed by atoms with Gasteiger partial charge in [-0.3, -0.25) is 4.79 Å². The quantitative estimate of drug-likeness (QED) is 0.692. The summed E-state index contributed by atoms with van der Waals surface area (Å²) in [5, 5.41) is 3.09. The third-order valence-corrected chi connectivity index (χ3v) is 3.38. The minimum absolute atomic E-state index is 0.104. The van der Waals surface area contributed by atoms with Gasteiger partial charge < -0.3 is 11.1 Å². The monoisotopic (exact) mass is 210 g/mol. The van der Waals surface area contributed by atoms with Crippen molar-refractivity contribution in [1.82, 2.24) is 5.32 Å². The van der Waals surface area contributed by atoms with E-state index in [0.29, 0.717) is 12.6 Å². The number of nitrogens with two attached hydrogens (primary N) is 1. The van der Waals surface area contributed by atoms with Crippen LogP contribution in [0.5, 0.6) is 0 Å². The molecule has 1 aliphatic carbocycles. The van der Waals surface area contributed by atoms with E-state index in [-0.39, 0.29) is 5.91 Å². The van der Waals surface area contributed by atoms with Crippen LogP contribution in [0.4, 0.5) is 0 Å². The molecule has 0 radical (unpaired) electrons. The van der Waals surface area contributed by atoms with Crippen LogP contribution in [0.25, 0.3) is 0 Å². The molecule has 0 aliphatic heterocycles. The van der Waals surface area contributed by atoms with Crippen molar-refractivity contribution >= 4 is 5.91 Å². The van der Waals surface area contributed by atoms with Crippen LogP contribution in [-0.2, 0) is 4.79 Å². The van der Waals surface area contributed by atoms with Gasteiger partial charge in [0.1, 0.15) is 0 Å². The largest absolute Gasteiger partial charge is 0.353 e. The van der Waals surface area contributed by atoms with Gasteiger partial charge in [0.2, 0.25) is 5.91 Å². The number of allylic oxidation sites excluding steroid dienone is 1. The molecule has 0 saturated carbocycles. The van der Waals surface area contributed by atoms with Crippen molar-refractivity contribution < 1.29 is 4.79 Å². The van der Waals surface area contributed by atoms with Crippen molar-refractivity contribution in [3.63, 3.8) is 0 Å². The second-order valence-electron chi connectivity index (χ2n) is 4.57. The Bertz CT molecular complexity index is 244. The van der Waals surface area contributed by atoms with Gasteiger partial charge in [-0.15, -0.1) is 0 Å². The molecule has 3 N–H and O–H groups in total. The van der Waals surface area contributed by atoms with Crippen LogP contribution in [0.1, 0.15) is 39.5 Å². The van der Waals surface area contributed by atoms with Gasteiger partial charge in [-0.25, -0.2) is 0 Å². The first-order valence-electron chi connectivity index (χ1n) is 5.78. The maximum absolute atomic E-state index is 12.0. The lowest BCUT2D eigenvalue weighted by molar-refractivity contribution is -0.130. The molecule has 86 valence electrons. The first kappa shape index (κ1) is 12.2. The number of hydrogen-bond acceptors (Lipinski definition) is 2. The Morgan fingerprint density at radius 1 is 1.60 bits per heavy atom. The van der Waals surface area contributed by atoms with Crippen LogP contribution >= 0.6 is 0 Å². The predicted octanol–water partition coefficient (Wildman–Crippen LogP) is 1.59. The lowest BCUT2D eigenvalue weighted by Gasteiger charge is -2.29. The van der Waals surface area contributed by atoms with Gasteiger partial charge in [0, 0.05) is 12.6 Å². The highest BCUT2D eigenvalue weighted by atomic mass is 16.2. The fraction of sp³-hybridized carbons (Fsp3) is 0.750. The summed E-state index contributed by atoms with van der Waals surface area (Å²) in [7, 11) is 0. The summed E-state index contributed by atoms with van der Waals surface area (Å²) in [4.78, 5) is 12.0. The van der Waals surface area contributed by atoms with E-state index in [2.05, 4.69) is 17.5 Å². The lowest BCUT2D eigenvalue weighted by Crippen LogP contribution is -2.47. The van der Waals surface area contributed by atoms with Crippen LogP contribution in [0.2, 0.25) is 0 Å².